The van der Waals surface area contributed by atoms with Gasteiger partial charge in [0.2, 0.25) is 0 Å². The van der Waals surface area contributed by atoms with Crippen molar-refractivity contribution in [1.82, 2.24) is 9.55 Å². The summed E-state index contributed by atoms with van der Waals surface area (Å²) in [6, 6.07) is 9.97. The zero-order chi connectivity index (χ0) is 17.1. The SMILES string of the molecule is NCc1cccc(Cn2ccnc2Cc2ccc(F)c(F)c2F)c1. The summed E-state index contributed by atoms with van der Waals surface area (Å²) in [4.78, 5) is 4.20. The molecule has 6 heteroatoms. The van der Waals surface area contributed by atoms with Gasteiger partial charge in [-0.15, -0.1) is 0 Å². The number of aromatic nitrogens is 2. The molecule has 1 heterocycles. The first-order chi connectivity index (χ1) is 11.6. The maximum atomic E-state index is 13.8. The van der Waals surface area contributed by atoms with Gasteiger partial charge in [0.15, 0.2) is 17.5 Å². The molecule has 0 fully saturated rings. The molecule has 3 rings (SSSR count). The first-order valence-corrected chi connectivity index (χ1v) is 7.48. The van der Waals surface area contributed by atoms with E-state index in [-0.39, 0.29) is 12.0 Å². The third kappa shape index (κ3) is 3.33. The molecule has 0 bridgehead atoms. The van der Waals surface area contributed by atoms with E-state index in [1.54, 1.807) is 12.4 Å². The van der Waals surface area contributed by atoms with Crippen molar-refractivity contribution in [2.45, 2.75) is 19.5 Å². The summed E-state index contributed by atoms with van der Waals surface area (Å²) in [7, 11) is 0. The van der Waals surface area contributed by atoms with Crippen LogP contribution in [0, 0.1) is 17.5 Å². The third-order valence-electron chi connectivity index (χ3n) is 3.85. The van der Waals surface area contributed by atoms with Crippen LogP contribution < -0.4 is 5.73 Å². The largest absolute Gasteiger partial charge is 0.330 e. The van der Waals surface area contributed by atoms with E-state index in [0.29, 0.717) is 18.9 Å². The Morgan fingerprint density at radius 3 is 2.58 bits per heavy atom. The molecule has 3 aromatic rings. The van der Waals surface area contributed by atoms with Gasteiger partial charge in [0.25, 0.3) is 0 Å². The van der Waals surface area contributed by atoms with Crippen LogP contribution in [-0.4, -0.2) is 9.55 Å². The van der Waals surface area contributed by atoms with Crippen LogP contribution in [0.4, 0.5) is 13.2 Å². The normalized spacial score (nSPS) is 11.0. The van der Waals surface area contributed by atoms with Gasteiger partial charge in [-0.1, -0.05) is 30.3 Å². The molecule has 0 aliphatic rings. The molecule has 0 spiro atoms. The van der Waals surface area contributed by atoms with Crippen LogP contribution in [0.3, 0.4) is 0 Å². The van der Waals surface area contributed by atoms with E-state index >= 15 is 0 Å². The number of imidazole rings is 1. The Bertz CT molecular complexity index is 858. The van der Waals surface area contributed by atoms with Crippen LogP contribution in [0.1, 0.15) is 22.5 Å². The van der Waals surface area contributed by atoms with Gasteiger partial charge in [-0.2, -0.15) is 0 Å². The Kier molecular flexibility index (Phi) is 4.66. The molecule has 24 heavy (non-hydrogen) atoms. The van der Waals surface area contributed by atoms with Crippen molar-refractivity contribution >= 4 is 0 Å². The molecule has 0 amide bonds. The molecule has 1 aromatic heterocycles. The fourth-order valence-corrected chi connectivity index (χ4v) is 2.58. The maximum absolute atomic E-state index is 13.8. The summed E-state index contributed by atoms with van der Waals surface area (Å²) in [5, 5.41) is 0. The van der Waals surface area contributed by atoms with Crippen molar-refractivity contribution < 1.29 is 13.2 Å². The number of halogens is 3. The molecule has 0 atom stereocenters. The lowest BCUT2D eigenvalue weighted by molar-refractivity contribution is 0.441. The molecule has 0 radical (unpaired) electrons. The number of nitrogens with two attached hydrogens (primary N) is 1. The van der Waals surface area contributed by atoms with Crippen LogP contribution in [0.25, 0.3) is 0 Å². The second-order valence-corrected chi connectivity index (χ2v) is 5.51. The van der Waals surface area contributed by atoms with E-state index in [1.165, 1.54) is 6.07 Å². The van der Waals surface area contributed by atoms with Crippen molar-refractivity contribution in [2.75, 3.05) is 0 Å². The lowest BCUT2D eigenvalue weighted by Crippen LogP contribution is -2.08. The second kappa shape index (κ2) is 6.88. The average molecular weight is 331 g/mol. The van der Waals surface area contributed by atoms with Crippen LogP contribution >= 0.6 is 0 Å². The predicted octanol–water partition coefficient (Wildman–Crippen LogP) is 3.40. The van der Waals surface area contributed by atoms with E-state index in [0.717, 1.165) is 17.2 Å². The number of rotatable bonds is 5. The van der Waals surface area contributed by atoms with Gasteiger partial charge in [-0.05, 0) is 22.8 Å². The van der Waals surface area contributed by atoms with Crippen LogP contribution in [-0.2, 0) is 19.5 Å². The standard InChI is InChI=1S/C18H16F3N3/c19-15-5-4-14(17(20)18(15)21)9-16-23-6-7-24(16)11-13-3-1-2-12(8-13)10-22/h1-8H,9-11,22H2. The van der Waals surface area contributed by atoms with Crippen molar-refractivity contribution in [3.8, 4) is 0 Å². The Hall–Kier alpha value is -2.60. The van der Waals surface area contributed by atoms with Gasteiger partial charge in [-0.3, -0.25) is 0 Å². The summed E-state index contributed by atoms with van der Waals surface area (Å²) in [5.74, 6) is -3.26. The zero-order valence-electron chi connectivity index (χ0n) is 12.8. The summed E-state index contributed by atoms with van der Waals surface area (Å²) >= 11 is 0. The minimum absolute atomic E-state index is 0.0667. The highest BCUT2D eigenvalue weighted by Crippen LogP contribution is 2.18. The van der Waals surface area contributed by atoms with Crippen molar-refractivity contribution in [3.63, 3.8) is 0 Å². The lowest BCUT2D eigenvalue weighted by Gasteiger charge is -2.10. The highest BCUT2D eigenvalue weighted by molar-refractivity contribution is 5.26. The van der Waals surface area contributed by atoms with Crippen molar-refractivity contribution in [3.05, 3.63) is 88.8 Å². The van der Waals surface area contributed by atoms with Gasteiger partial charge < -0.3 is 10.3 Å². The molecule has 0 saturated carbocycles. The number of hydrogen-bond acceptors (Lipinski definition) is 2. The number of nitrogens with zero attached hydrogens (tertiary/aromatic N) is 2. The smallest absolute Gasteiger partial charge is 0.194 e. The monoisotopic (exact) mass is 331 g/mol. The van der Waals surface area contributed by atoms with E-state index in [4.69, 9.17) is 5.73 Å². The first-order valence-electron chi connectivity index (χ1n) is 7.48. The maximum Gasteiger partial charge on any atom is 0.194 e. The number of benzene rings is 2. The molecule has 0 unspecified atom stereocenters. The molecule has 2 N–H and O–H groups in total. The Labute approximate surface area is 137 Å². The van der Waals surface area contributed by atoms with E-state index in [1.807, 2.05) is 28.8 Å². The summed E-state index contributed by atoms with van der Waals surface area (Å²) in [6.07, 6.45) is 3.44. The number of hydrogen-bond donors (Lipinski definition) is 1. The Morgan fingerprint density at radius 1 is 1.00 bits per heavy atom. The molecule has 0 saturated heterocycles. The van der Waals surface area contributed by atoms with Gasteiger partial charge in [0, 0.05) is 31.9 Å². The topological polar surface area (TPSA) is 43.8 Å². The molecular formula is C18H16F3N3. The summed E-state index contributed by atoms with van der Waals surface area (Å²) in [5.41, 5.74) is 7.75. The molecule has 2 aromatic carbocycles. The van der Waals surface area contributed by atoms with Gasteiger partial charge in [0.1, 0.15) is 5.82 Å². The molecule has 3 nitrogen and oxygen atoms in total. The van der Waals surface area contributed by atoms with Crippen LogP contribution in [0.15, 0.2) is 48.8 Å². The van der Waals surface area contributed by atoms with Gasteiger partial charge in [-0.25, -0.2) is 18.2 Å². The second-order valence-electron chi connectivity index (χ2n) is 5.51. The van der Waals surface area contributed by atoms with Crippen molar-refractivity contribution in [1.29, 1.82) is 0 Å². The molecule has 0 aliphatic heterocycles. The van der Waals surface area contributed by atoms with Gasteiger partial charge >= 0.3 is 0 Å². The summed E-state index contributed by atoms with van der Waals surface area (Å²) in [6.45, 7) is 0.985. The molecule has 124 valence electrons. The third-order valence-corrected chi connectivity index (χ3v) is 3.85. The van der Waals surface area contributed by atoms with Crippen LogP contribution in [0.5, 0.6) is 0 Å². The van der Waals surface area contributed by atoms with Crippen molar-refractivity contribution in [2.24, 2.45) is 5.73 Å². The van der Waals surface area contributed by atoms with Crippen LogP contribution in [0.2, 0.25) is 0 Å². The first kappa shape index (κ1) is 16.3. The van der Waals surface area contributed by atoms with Gasteiger partial charge in [0.05, 0.1) is 0 Å². The predicted molar refractivity (Wildman–Crippen MR) is 84.8 cm³/mol. The highest BCUT2D eigenvalue weighted by Gasteiger charge is 2.15. The highest BCUT2D eigenvalue weighted by atomic mass is 19.2. The van der Waals surface area contributed by atoms with E-state index in [9.17, 15) is 13.2 Å². The zero-order valence-corrected chi connectivity index (χ0v) is 12.8. The Morgan fingerprint density at radius 2 is 1.79 bits per heavy atom. The van der Waals surface area contributed by atoms with E-state index in [2.05, 4.69) is 4.98 Å². The quantitative estimate of drug-likeness (QED) is 0.728. The fourth-order valence-electron chi connectivity index (χ4n) is 2.58. The minimum Gasteiger partial charge on any atom is -0.330 e. The van der Waals surface area contributed by atoms with E-state index < -0.39 is 17.5 Å². The fraction of sp³-hybridized carbons (Fsp3) is 0.167. The molecule has 0 aliphatic carbocycles. The molecular weight excluding hydrogens is 315 g/mol. The minimum atomic E-state index is -1.46. The Balaban J connectivity index is 1.84. The summed E-state index contributed by atoms with van der Waals surface area (Å²) < 4.78 is 42.1. The lowest BCUT2D eigenvalue weighted by atomic mass is 10.1. The average Bonchev–Trinajstić information content (AvgIpc) is 3.02.